The number of hydrogen-bond donors (Lipinski definition) is 2. The van der Waals surface area contributed by atoms with Gasteiger partial charge in [0.15, 0.2) is 0 Å². The molecule has 0 saturated carbocycles. The molecule has 1 aliphatic rings. The van der Waals surface area contributed by atoms with Crippen LogP contribution in [-0.4, -0.2) is 54.6 Å². The Morgan fingerprint density at radius 3 is 2.61 bits per heavy atom. The van der Waals surface area contributed by atoms with Crippen molar-refractivity contribution in [1.82, 2.24) is 15.0 Å². The number of morpholine rings is 1. The van der Waals surface area contributed by atoms with E-state index >= 15 is 0 Å². The highest BCUT2D eigenvalue weighted by Gasteiger charge is 2.17. The maximum Gasteiger partial charge on any atom is 0.250 e. The molecule has 2 heterocycles. The molecule has 33 heavy (non-hydrogen) atoms. The monoisotopic (exact) mass is 511 g/mol. The highest BCUT2D eigenvalue weighted by Crippen LogP contribution is 2.25. The summed E-state index contributed by atoms with van der Waals surface area (Å²) in [6.45, 7) is 6.81. The quantitative estimate of drug-likeness (QED) is 0.358. The molecule has 0 unspecified atom stereocenters. The smallest absolute Gasteiger partial charge is 0.250 e. The van der Waals surface area contributed by atoms with E-state index in [2.05, 4.69) is 76.7 Å². The van der Waals surface area contributed by atoms with Crippen molar-refractivity contribution in [3.8, 4) is 5.75 Å². The molecule has 2 N–H and O–H groups in total. The van der Waals surface area contributed by atoms with E-state index < -0.39 is 0 Å². The van der Waals surface area contributed by atoms with Crippen molar-refractivity contribution in [2.75, 3.05) is 49.1 Å². The van der Waals surface area contributed by atoms with Gasteiger partial charge >= 0.3 is 0 Å². The minimum absolute atomic E-state index is 0.350. The van der Waals surface area contributed by atoms with Gasteiger partial charge in [-0.05, 0) is 70.7 Å². The van der Waals surface area contributed by atoms with Crippen LogP contribution < -0.4 is 20.4 Å². The van der Waals surface area contributed by atoms with Crippen molar-refractivity contribution < 1.29 is 9.47 Å². The number of aryl methyl sites for hydroxylation is 2. The number of halogens is 1. The zero-order chi connectivity index (χ0) is 23.2. The maximum absolute atomic E-state index is 5.47. The Morgan fingerprint density at radius 2 is 1.85 bits per heavy atom. The van der Waals surface area contributed by atoms with Crippen molar-refractivity contribution in [3.63, 3.8) is 0 Å². The third-order valence-corrected chi connectivity index (χ3v) is 5.73. The number of rotatable bonds is 7. The molecular formula is C23H26BrN7O2. The summed E-state index contributed by atoms with van der Waals surface area (Å²) in [5.74, 6) is 2.13. The molecule has 2 aromatic carbocycles. The van der Waals surface area contributed by atoms with E-state index in [1.54, 1.807) is 13.3 Å². The van der Waals surface area contributed by atoms with Crippen LogP contribution in [0.2, 0.25) is 0 Å². The second kappa shape index (κ2) is 10.6. The number of aromatic nitrogens is 3. The van der Waals surface area contributed by atoms with Crippen LogP contribution >= 0.6 is 15.9 Å². The van der Waals surface area contributed by atoms with E-state index in [4.69, 9.17) is 9.47 Å². The minimum atomic E-state index is 0.350. The highest BCUT2D eigenvalue weighted by atomic mass is 79.9. The summed E-state index contributed by atoms with van der Waals surface area (Å²) in [7, 11) is 1.63. The number of ether oxygens (including phenoxy) is 2. The normalized spacial score (nSPS) is 13.9. The molecule has 1 aliphatic heterocycles. The average molecular weight is 512 g/mol. The topological polar surface area (TPSA) is 96.8 Å². The molecule has 4 rings (SSSR count). The number of benzene rings is 2. The standard InChI is InChI=1S/C23H26BrN7O2/c1-15-4-5-16(2)19(12-15)26-21-27-22(29-23(28-21)31-8-10-33-11-9-31)30-25-14-17-6-7-20(32-3)18(24)13-17/h4-7,12-14H,8-11H2,1-3H3,(H2,26,27,28,29,30)/b25-14-. The van der Waals surface area contributed by atoms with Gasteiger partial charge in [0, 0.05) is 18.8 Å². The van der Waals surface area contributed by atoms with Crippen LogP contribution in [0.3, 0.4) is 0 Å². The number of nitrogens with zero attached hydrogens (tertiary/aromatic N) is 5. The first-order valence-electron chi connectivity index (χ1n) is 10.6. The Kier molecular flexibility index (Phi) is 7.36. The van der Waals surface area contributed by atoms with Gasteiger partial charge in [0.25, 0.3) is 0 Å². The fourth-order valence-electron chi connectivity index (χ4n) is 3.29. The summed E-state index contributed by atoms with van der Waals surface area (Å²) in [5.41, 5.74) is 7.04. The molecule has 0 atom stereocenters. The first-order chi connectivity index (χ1) is 16.0. The molecule has 0 aliphatic carbocycles. The van der Waals surface area contributed by atoms with Crippen molar-refractivity contribution in [1.29, 1.82) is 0 Å². The van der Waals surface area contributed by atoms with Gasteiger partial charge in [-0.2, -0.15) is 20.1 Å². The van der Waals surface area contributed by atoms with Gasteiger partial charge in [-0.1, -0.05) is 12.1 Å². The predicted molar refractivity (Wildman–Crippen MR) is 134 cm³/mol. The summed E-state index contributed by atoms with van der Waals surface area (Å²) in [6, 6.07) is 11.9. The van der Waals surface area contributed by atoms with Gasteiger partial charge in [0.05, 0.1) is 31.0 Å². The van der Waals surface area contributed by atoms with E-state index in [-0.39, 0.29) is 0 Å². The lowest BCUT2D eigenvalue weighted by atomic mass is 10.1. The third kappa shape index (κ3) is 5.96. The summed E-state index contributed by atoms with van der Waals surface area (Å²) >= 11 is 3.49. The Bertz CT molecular complexity index is 1150. The number of anilines is 4. The summed E-state index contributed by atoms with van der Waals surface area (Å²) in [4.78, 5) is 15.8. The zero-order valence-electron chi connectivity index (χ0n) is 18.8. The Hall–Kier alpha value is -3.24. The van der Waals surface area contributed by atoms with Gasteiger partial charge in [-0.15, -0.1) is 0 Å². The SMILES string of the molecule is COc1ccc(/C=N\Nc2nc(Nc3cc(C)ccc3C)nc(N3CCOCC3)n2)cc1Br. The Labute approximate surface area is 201 Å². The average Bonchev–Trinajstić information content (AvgIpc) is 2.82. The van der Waals surface area contributed by atoms with Crippen LogP contribution in [0.1, 0.15) is 16.7 Å². The van der Waals surface area contributed by atoms with Crippen molar-refractivity contribution in [2.24, 2.45) is 5.10 Å². The van der Waals surface area contributed by atoms with E-state index in [9.17, 15) is 0 Å². The number of nitrogens with one attached hydrogen (secondary N) is 2. The first kappa shape index (κ1) is 22.9. The highest BCUT2D eigenvalue weighted by molar-refractivity contribution is 9.10. The fraction of sp³-hybridized carbons (Fsp3) is 0.304. The molecule has 3 aromatic rings. The van der Waals surface area contributed by atoms with Crippen molar-refractivity contribution in [3.05, 3.63) is 57.6 Å². The van der Waals surface area contributed by atoms with Crippen molar-refractivity contribution >= 4 is 45.7 Å². The van der Waals surface area contributed by atoms with E-state index in [0.29, 0.717) is 31.1 Å². The Morgan fingerprint density at radius 1 is 1.06 bits per heavy atom. The third-order valence-electron chi connectivity index (χ3n) is 5.11. The lowest BCUT2D eigenvalue weighted by molar-refractivity contribution is 0.122. The first-order valence-corrected chi connectivity index (χ1v) is 11.4. The van der Waals surface area contributed by atoms with Crippen LogP contribution in [0, 0.1) is 13.8 Å². The number of methoxy groups -OCH3 is 1. The van der Waals surface area contributed by atoms with Gasteiger partial charge in [-0.3, -0.25) is 0 Å². The van der Waals surface area contributed by atoms with Crippen LogP contribution in [0.4, 0.5) is 23.5 Å². The largest absolute Gasteiger partial charge is 0.496 e. The van der Waals surface area contributed by atoms with Crippen LogP contribution in [0.15, 0.2) is 46.0 Å². The molecule has 1 saturated heterocycles. The predicted octanol–water partition coefficient (Wildman–Crippen LogP) is 4.29. The lowest BCUT2D eigenvalue weighted by Crippen LogP contribution is -2.37. The van der Waals surface area contributed by atoms with Crippen LogP contribution in [0.25, 0.3) is 0 Å². The molecule has 0 radical (unpaired) electrons. The van der Waals surface area contributed by atoms with Crippen LogP contribution in [0.5, 0.6) is 5.75 Å². The maximum atomic E-state index is 5.47. The van der Waals surface area contributed by atoms with E-state index in [1.807, 2.05) is 25.1 Å². The fourth-order valence-corrected chi connectivity index (χ4v) is 3.85. The number of hydrazone groups is 1. The molecule has 1 aromatic heterocycles. The van der Waals surface area contributed by atoms with Crippen LogP contribution in [-0.2, 0) is 4.74 Å². The van der Waals surface area contributed by atoms with E-state index in [1.165, 1.54) is 0 Å². The second-order valence-corrected chi connectivity index (χ2v) is 8.44. The molecule has 9 nitrogen and oxygen atoms in total. The molecule has 172 valence electrons. The van der Waals surface area contributed by atoms with Gasteiger partial charge in [0.2, 0.25) is 17.8 Å². The molecular weight excluding hydrogens is 486 g/mol. The lowest BCUT2D eigenvalue weighted by Gasteiger charge is -2.27. The van der Waals surface area contributed by atoms with Crippen molar-refractivity contribution in [2.45, 2.75) is 13.8 Å². The molecule has 1 fully saturated rings. The molecule has 0 amide bonds. The van der Waals surface area contributed by atoms with Gasteiger partial charge in [-0.25, -0.2) is 5.43 Å². The molecule has 0 bridgehead atoms. The zero-order valence-corrected chi connectivity index (χ0v) is 20.4. The second-order valence-electron chi connectivity index (χ2n) is 7.59. The molecule has 0 spiro atoms. The minimum Gasteiger partial charge on any atom is -0.496 e. The summed E-state index contributed by atoms with van der Waals surface area (Å²) in [6.07, 6.45) is 1.69. The Balaban J connectivity index is 1.58. The summed E-state index contributed by atoms with van der Waals surface area (Å²) in [5, 5.41) is 7.64. The molecule has 10 heteroatoms. The van der Waals surface area contributed by atoms with Gasteiger partial charge in [0.1, 0.15) is 5.75 Å². The number of hydrogen-bond acceptors (Lipinski definition) is 9. The van der Waals surface area contributed by atoms with E-state index in [0.717, 1.165) is 45.7 Å². The van der Waals surface area contributed by atoms with Gasteiger partial charge < -0.3 is 19.7 Å². The summed E-state index contributed by atoms with van der Waals surface area (Å²) < 4.78 is 11.6.